The van der Waals surface area contributed by atoms with Crippen LogP contribution in [0, 0.1) is 0 Å². The first-order valence-electron chi connectivity index (χ1n) is 4.54. The van der Waals surface area contributed by atoms with E-state index < -0.39 is 0 Å². The molecule has 0 aliphatic heterocycles. The van der Waals surface area contributed by atoms with Crippen molar-refractivity contribution in [2.45, 2.75) is 39.2 Å². The van der Waals surface area contributed by atoms with Gasteiger partial charge in [-0.25, -0.2) is 0 Å². The van der Waals surface area contributed by atoms with Crippen LogP contribution in [0.5, 0.6) is 0 Å². The van der Waals surface area contributed by atoms with E-state index in [9.17, 15) is 4.79 Å². The van der Waals surface area contributed by atoms with E-state index in [1.165, 1.54) is 6.42 Å². The highest BCUT2D eigenvalue weighted by Crippen LogP contribution is 2.00. The Labute approximate surface area is 75.3 Å². The van der Waals surface area contributed by atoms with Gasteiger partial charge in [0.25, 0.3) is 0 Å². The third-order valence-electron chi connectivity index (χ3n) is 1.96. The molecule has 0 saturated heterocycles. The SMILES string of the molecule is CCCC=CC[C@@H](C)N(C)C=O. The summed E-state index contributed by atoms with van der Waals surface area (Å²) >= 11 is 0. The maximum absolute atomic E-state index is 10.3. The minimum atomic E-state index is 0.315. The molecular formula is C10H19NO. The zero-order valence-electron chi connectivity index (χ0n) is 8.29. The zero-order valence-corrected chi connectivity index (χ0v) is 8.29. The van der Waals surface area contributed by atoms with Crippen LogP contribution in [-0.2, 0) is 4.79 Å². The van der Waals surface area contributed by atoms with Crippen LogP contribution >= 0.6 is 0 Å². The molecule has 0 fully saturated rings. The summed E-state index contributed by atoms with van der Waals surface area (Å²) in [4.78, 5) is 12.0. The Morgan fingerprint density at radius 1 is 1.42 bits per heavy atom. The van der Waals surface area contributed by atoms with Crippen molar-refractivity contribution in [2.24, 2.45) is 0 Å². The van der Waals surface area contributed by atoms with Gasteiger partial charge < -0.3 is 4.90 Å². The number of hydrogen-bond acceptors (Lipinski definition) is 1. The standard InChI is InChI=1S/C10H19NO/c1-4-5-6-7-8-10(2)11(3)9-12/h6-7,9-10H,4-5,8H2,1-3H3/t10-/m1/s1. The highest BCUT2D eigenvalue weighted by molar-refractivity contribution is 5.46. The Bertz CT molecular complexity index is 143. The van der Waals surface area contributed by atoms with Gasteiger partial charge in [-0.05, 0) is 19.8 Å². The minimum Gasteiger partial charge on any atom is -0.345 e. The third kappa shape index (κ3) is 4.94. The largest absolute Gasteiger partial charge is 0.345 e. The molecule has 0 rings (SSSR count). The second kappa shape index (κ2) is 6.89. The van der Waals surface area contributed by atoms with Crippen molar-refractivity contribution in [3.63, 3.8) is 0 Å². The number of amides is 1. The molecule has 0 aromatic heterocycles. The van der Waals surface area contributed by atoms with E-state index in [4.69, 9.17) is 0 Å². The maximum atomic E-state index is 10.3. The second-order valence-corrected chi connectivity index (χ2v) is 3.12. The molecule has 1 atom stereocenters. The molecule has 0 bridgehead atoms. The fraction of sp³-hybridized carbons (Fsp3) is 0.700. The van der Waals surface area contributed by atoms with Gasteiger partial charge in [-0.2, -0.15) is 0 Å². The van der Waals surface area contributed by atoms with Crippen LogP contribution in [0.15, 0.2) is 12.2 Å². The lowest BCUT2D eigenvalue weighted by Crippen LogP contribution is -2.26. The van der Waals surface area contributed by atoms with Gasteiger partial charge in [0.05, 0.1) is 0 Å². The lowest BCUT2D eigenvalue weighted by atomic mass is 10.2. The van der Waals surface area contributed by atoms with Crippen molar-refractivity contribution < 1.29 is 4.79 Å². The van der Waals surface area contributed by atoms with Gasteiger partial charge in [0.1, 0.15) is 0 Å². The summed E-state index contributed by atoms with van der Waals surface area (Å²) in [5, 5.41) is 0. The lowest BCUT2D eigenvalue weighted by Gasteiger charge is -2.18. The highest BCUT2D eigenvalue weighted by Gasteiger charge is 2.02. The summed E-state index contributed by atoms with van der Waals surface area (Å²) < 4.78 is 0. The number of unbranched alkanes of at least 4 members (excludes halogenated alkanes) is 1. The smallest absolute Gasteiger partial charge is 0.209 e. The van der Waals surface area contributed by atoms with E-state index in [-0.39, 0.29) is 0 Å². The van der Waals surface area contributed by atoms with Crippen molar-refractivity contribution in [1.29, 1.82) is 0 Å². The fourth-order valence-electron chi connectivity index (χ4n) is 0.848. The Kier molecular flexibility index (Phi) is 6.44. The Morgan fingerprint density at radius 3 is 2.58 bits per heavy atom. The maximum Gasteiger partial charge on any atom is 0.209 e. The predicted octanol–water partition coefficient (Wildman–Crippen LogP) is 2.21. The molecule has 0 radical (unpaired) electrons. The number of rotatable bonds is 6. The molecule has 1 amide bonds. The predicted molar refractivity (Wildman–Crippen MR) is 52.0 cm³/mol. The van der Waals surface area contributed by atoms with Crippen LogP contribution in [-0.4, -0.2) is 24.4 Å². The van der Waals surface area contributed by atoms with Crippen LogP contribution in [0.3, 0.4) is 0 Å². The lowest BCUT2D eigenvalue weighted by molar-refractivity contribution is -0.118. The average molecular weight is 169 g/mol. The van der Waals surface area contributed by atoms with Crippen LogP contribution in [0.25, 0.3) is 0 Å². The van der Waals surface area contributed by atoms with Crippen LogP contribution in [0.2, 0.25) is 0 Å². The van der Waals surface area contributed by atoms with Crippen LogP contribution in [0.1, 0.15) is 33.1 Å². The monoisotopic (exact) mass is 169 g/mol. The molecule has 0 aromatic rings. The van der Waals surface area contributed by atoms with Crippen molar-refractivity contribution in [2.75, 3.05) is 7.05 Å². The first-order chi connectivity index (χ1) is 5.72. The summed E-state index contributed by atoms with van der Waals surface area (Å²) in [6, 6.07) is 0.315. The van der Waals surface area contributed by atoms with Crippen molar-refractivity contribution in [3.8, 4) is 0 Å². The first-order valence-corrected chi connectivity index (χ1v) is 4.54. The number of carbonyl (C=O) groups excluding carboxylic acids is 1. The van der Waals surface area contributed by atoms with Gasteiger partial charge in [0, 0.05) is 13.1 Å². The van der Waals surface area contributed by atoms with E-state index in [2.05, 4.69) is 19.1 Å². The van der Waals surface area contributed by atoms with E-state index in [0.717, 1.165) is 19.3 Å². The topological polar surface area (TPSA) is 20.3 Å². The summed E-state index contributed by atoms with van der Waals surface area (Å²) in [7, 11) is 1.81. The number of hydrogen-bond donors (Lipinski definition) is 0. The van der Waals surface area contributed by atoms with E-state index in [0.29, 0.717) is 6.04 Å². The van der Waals surface area contributed by atoms with Gasteiger partial charge in [-0.1, -0.05) is 25.5 Å². The molecule has 0 aromatic carbocycles. The highest BCUT2D eigenvalue weighted by atomic mass is 16.1. The molecule has 0 unspecified atom stereocenters. The van der Waals surface area contributed by atoms with Crippen molar-refractivity contribution in [3.05, 3.63) is 12.2 Å². The number of carbonyl (C=O) groups is 1. The molecule has 2 heteroatoms. The molecule has 70 valence electrons. The summed E-state index contributed by atoms with van der Waals surface area (Å²) in [6.07, 6.45) is 8.48. The molecule has 2 nitrogen and oxygen atoms in total. The molecule has 0 N–H and O–H groups in total. The summed E-state index contributed by atoms with van der Waals surface area (Å²) in [6.45, 7) is 4.20. The quantitative estimate of drug-likeness (QED) is 0.441. The molecular weight excluding hydrogens is 150 g/mol. The molecule has 0 saturated carbocycles. The summed E-state index contributed by atoms with van der Waals surface area (Å²) in [5.74, 6) is 0. The Balaban J connectivity index is 3.55. The van der Waals surface area contributed by atoms with Crippen molar-refractivity contribution >= 4 is 6.41 Å². The second-order valence-electron chi connectivity index (χ2n) is 3.12. The van der Waals surface area contributed by atoms with Gasteiger partial charge in [0.2, 0.25) is 6.41 Å². The van der Waals surface area contributed by atoms with Gasteiger partial charge in [-0.15, -0.1) is 0 Å². The Morgan fingerprint density at radius 2 is 2.08 bits per heavy atom. The number of allylic oxidation sites excluding steroid dienone is 1. The van der Waals surface area contributed by atoms with Crippen LogP contribution in [0.4, 0.5) is 0 Å². The Hall–Kier alpha value is -0.790. The van der Waals surface area contributed by atoms with E-state index in [1.54, 1.807) is 4.90 Å². The third-order valence-corrected chi connectivity index (χ3v) is 1.96. The van der Waals surface area contributed by atoms with E-state index >= 15 is 0 Å². The number of nitrogens with zero attached hydrogens (tertiary/aromatic N) is 1. The minimum absolute atomic E-state index is 0.315. The zero-order chi connectivity index (χ0) is 9.40. The van der Waals surface area contributed by atoms with Gasteiger partial charge >= 0.3 is 0 Å². The molecule has 0 aliphatic carbocycles. The van der Waals surface area contributed by atoms with E-state index in [1.807, 2.05) is 14.0 Å². The first kappa shape index (κ1) is 11.2. The van der Waals surface area contributed by atoms with Crippen LogP contribution < -0.4 is 0 Å². The normalized spacial score (nSPS) is 13.2. The molecule has 0 heterocycles. The van der Waals surface area contributed by atoms with Crippen molar-refractivity contribution in [1.82, 2.24) is 4.90 Å². The van der Waals surface area contributed by atoms with Gasteiger partial charge in [-0.3, -0.25) is 4.79 Å². The fourth-order valence-corrected chi connectivity index (χ4v) is 0.848. The summed E-state index contributed by atoms with van der Waals surface area (Å²) in [5.41, 5.74) is 0. The van der Waals surface area contributed by atoms with Gasteiger partial charge in [0.15, 0.2) is 0 Å². The molecule has 12 heavy (non-hydrogen) atoms. The molecule has 0 aliphatic rings. The molecule has 0 spiro atoms. The average Bonchev–Trinajstić information content (AvgIpc) is 2.10.